The number of ether oxygens (including phenoxy) is 2. The first-order chi connectivity index (χ1) is 8.68. The lowest BCUT2D eigenvalue weighted by Gasteiger charge is -2.19. The van der Waals surface area contributed by atoms with E-state index in [-0.39, 0.29) is 12.5 Å². The Morgan fingerprint density at radius 2 is 2.33 bits per heavy atom. The molecular formula is C14H18O4. The zero-order valence-electron chi connectivity index (χ0n) is 10.5. The van der Waals surface area contributed by atoms with Crippen LogP contribution in [0.4, 0.5) is 0 Å². The quantitative estimate of drug-likeness (QED) is 0.869. The molecule has 0 bridgehead atoms. The molecule has 0 spiro atoms. The second-order valence-electron chi connectivity index (χ2n) is 4.64. The van der Waals surface area contributed by atoms with Crippen molar-refractivity contribution < 1.29 is 19.4 Å². The van der Waals surface area contributed by atoms with Crippen molar-refractivity contribution in [3.8, 4) is 5.75 Å². The van der Waals surface area contributed by atoms with Crippen LogP contribution in [0.15, 0.2) is 24.3 Å². The van der Waals surface area contributed by atoms with Crippen molar-refractivity contribution in [2.45, 2.75) is 13.3 Å². The maximum Gasteiger partial charge on any atom is 0.310 e. The molecule has 0 aromatic heterocycles. The fourth-order valence-electron chi connectivity index (χ4n) is 2.18. The molecule has 1 N–H and O–H groups in total. The first-order valence-corrected chi connectivity index (χ1v) is 6.17. The fourth-order valence-corrected chi connectivity index (χ4v) is 2.18. The fraction of sp³-hybridized carbons (Fsp3) is 0.500. The molecule has 1 aromatic carbocycles. The van der Waals surface area contributed by atoms with Gasteiger partial charge in [-0.05, 0) is 25.0 Å². The maximum atomic E-state index is 11.3. The predicted octanol–water partition coefficient (Wildman–Crippen LogP) is 2.11. The topological polar surface area (TPSA) is 55.8 Å². The van der Waals surface area contributed by atoms with Gasteiger partial charge in [-0.1, -0.05) is 18.2 Å². The van der Waals surface area contributed by atoms with E-state index in [9.17, 15) is 9.90 Å². The summed E-state index contributed by atoms with van der Waals surface area (Å²) in [7, 11) is 0. The number of aliphatic carboxylic acids is 1. The number of carbonyl (C=O) groups is 1. The van der Waals surface area contributed by atoms with Crippen molar-refractivity contribution in [3.05, 3.63) is 29.8 Å². The Morgan fingerprint density at radius 3 is 2.94 bits per heavy atom. The van der Waals surface area contributed by atoms with Crippen LogP contribution in [0.3, 0.4) is 0 Å². The summed E-state index contributed by atoms with van der Waals surface area (Å²) in [6.07, 6.45) is 0.800. The van der Waals surface area contributed by atoms with Gasteiger partial charge in [0.15, 0.2) is 0 Å². The van der Waals surface area contributed by atoms with Crippen molar-refractivity contribution >= 4 is 5.97 Å². The van der Waals surface area contributed by atoms with E-state index < -0.39 is 11.9 Å². The highest BCUT2D eigenvalue weighted by molar-refractivity contribution is 5.70. The smallest absolute Gasteiger partial charge is 0.310 e. The first-order valence-electron chi connectivity index (χ1n) is 6.17. The third-order valence-electron chi connectivity index (χ3n) is 3.36. The summed E-state index contributed by atoms with van der Waals surface area (Å²) < 4.78 is 10.9. The SMILES string of the molecule is Cc1ccccc1OCC(C(=O)O)C1CCOC1. The molecule has 0 radical (unpaired) electrons. The van der Waals surface area contributed by atoms with Crippen molar-refractivity contribution in [2.75, 3.05) is 19.8 Å². The number of para-hydroxylation sites is 1. The molecule has 0 saturated carbocycles. The molecule has 1 aliphatic rings. The summed E-state index contributed by atoms with van der Waals surface area (Å²) >= 11 is 0. The predicted molar refractivity (Wildman–Crippen MR) is 66.7 cm³/mol. The van der Waals surface area contributed by atoms with Gasteiger partial charge in [0.1, 0.15) is 12.4 Å². The van der Waals surface area contributed by atoms with Crippen molar-refractivity contribution in [2.24, 2.45) is 11.8 Å². The van der Waals surface area contributed by atoms with Crippen molar-refractivity contribution in [1.29, 1.82) is 0 Å². The van der Waals surface area contributed by atoms with Crippen LogP contribution < -0.4 is 4.74 Å². The summed E-state index contributed by atoms with van der Waals surface area (Å²) in [4.78, 5) is 11.3. The molecule has 1 aliphatic heterocycles. The number of rotatable bonds is 5. The van der Waals surface area contributed by atoms with Crippen LogP contribution in [0, 0.1) is 18.8 Å². The van der Waals surface area contributed by atoms with Gasteiger partial charge in [0.05, 0.1) is 12.5 Å². The van der Waals surface area contributed by atoms with E-state index in [1.165, 1.54) is 0 Å². The number of carboxylic acids is 1. The molecule has 1 saturated heterocycles. The van der Waals surface area contributed by atoms with Crippen LogP contribution in [0.5, 0.6) is 5.75 Å². The third-order valence-corrected chi connectivity index (χ3v) is 3.36. The molecule has 4 heteroatoms. The van der Waals surface area contributed by atoms with Crippen LogP contribution in [-0.4, -0.2) is 30.9 Å². The molecule has 98 valence electrons. The normalized spacial score (nSPS) is 20.6. The molecule has 4 nitrogen and oxygen atoms in total. The standard InChI is InChI=1S/C14H18O4/c1-10-4-2-3-5-13(10)18-9-12(14(15)16)11-6-7-17-8-11/h2-5,11-12H,6-9H2,1H3,(H,15,16). The molecule has 2 rings (SSSR count). The average Bonchev–Trinajstić information content (AvgIpc) is 2.85. The molecule has 0 aliphatic carbocycles. The lowest BCUT2D eigenvalue weighted by atomic mass is 9.92. The molecule has 0 amide bonds. The number of carboxylic acid groups (broad SMARTS) is 1. The Bertz CT molecular complexity index is 410. The van der Waals surface area contributed by atoms with Crippen LogP contribution in [0.25, 0.3) is 0 Å². The molecule has 1 fully saturated rings. The Hall–Kier alpha value is -1.55. The Balaban J connectivity index is 1.97. The lowest BCUT2D eigenvalue weighted by molar-refractivity contribution is -0.145. The van der Waals surface area contributed by atoms with Gasteiger partial charge < -0.3 is 14.6 Å². The van der Waals surface area contributed by atoms with E-state index in [1.54, 1.807) is 0 Å². The number of hydrogen-bond acceptors (Lipinski definition) is 3. The van der Waals surface area contributed by atoms with Crippen LogP contribution >= 0.6 is 0 Å². The Kier molecular flexibility index (Phi) is 4.20. The minimum atomic E-state index is -0.806. The monoisotopic (exact) mass is 250 g/mol. The highest BCUT2D eigenvalue weighted by Gasteiger charge is 2.31. The molecule has 1 heterocycles. The van der Waals surface area contributed by atoms with Gasteiger partial charge in [-0.15, -0.1) is 0 Å². The summed E-state index contributed by atoms with van der Waals surface area (Å²) in [6, 6.07) is 7.63. The lowest BCUT2D eigenvalue weighted by Crippen LogP contribution is -2.29. The molecular weight excluding hydrogens is 232 g/mol. The Labute approximate surface area is 107 Å². The van der Waals surface area contributed by atoms with Gasteiger partial charge in [-0.2, -0.15) is 0 Å². The minimum absolute atomic E-state index is 0.0616. The minimum Gasteiger partial charge on any atom is -0.492 e. The summed E-state index contributed by atoms with van der Waals surface area (Å²) in [5.74, 6) is -0.486. The number of hydrogen-bond donors (Lipinski definition) is 1. The zero-order chi connectivity index (χ0) is 13.0. The van der Waals surface area contributed by atoms with Crippen LogP contribution in [0.2, 0.25) is 0 Å². The number of benzene rings is 1. The second kappa shape index (κ2) is 5.87. The van der Waals surface area contributed by atoms with Gasteiger partial charge in [0.25, 0.3) is 0 Å². The molecule has 18 heavy (non-hydrogen) atoms. The van der Waals surface area contributed by atoms with Gasteiger partial charge in [-0.3, -0.25) is 4.79 Å². The van der Waals surface area contributed by atoms with Crippen molar-refractivity contribution in [1.82, 2.24) is 0 Å². The van der Waals surface area contributed by atoms with Gasteiger partial charge in [0.2, 0.25) is 0 Å². The van der Waals surface area contributed by atoms with E-state index >= 15 is 0 Å². The van der Waals surface area contributed by atoms with E-state index in [4.69, 9.17) is 9.47 Å². The summed E-state index contributed by atoms with van der Waals surface area (Å²) in [6.45, 7) is 3.32. The number of aryl methyl sites for hydroxylation is 1. The molecule has 2 atom stereocenters. The van der Waals surface area contributed by atoms with Gasteiger partial charge >= 0.3 is 5.97 Å². The third kappa shape index (κ3) is 3.01. The summed E-state index contributed by atoms with van der Waals surface area (Å²) in [5, 5.41) is 9.25. The Morgan fingerprint density at radius 1 is 1.56 bits per heavy atom. The van der Waals surface area contributed by atoms with E-state index in [2.05, 4.69) is 0 Å². The summed E-state index contributed by atoms with van der Waals surface area (Å²) in [5.41, 5.74) is 1.02. The van der Waals surface area contributed by atoms with Crippen LogP contribution in [-0.2, 0) is 9.53 Å². The van der Waals surface area contributed by atoms with Crippen molar-refractivity contribution in [3.63, 3.8) is 0 Å². The maximum absolute atomic E-state index is 11.3. The second-order valence-corrected chi connectivity index (χ2v) is 4.64. The highest BCUT2D eigenvalue weighted by atomic mass is 16.5. The van der Waals surface area contributed by atoms with Gasteiger partial charge in [0, 0.05) is 12.5 Å². The molecule has 1 aromatic rings. The van der Waals surface area contributed by atoms with E-state index in [0.29, 0.717) is 13.2 Å². The van der Waals surface area contributed by atoms with Gasteiger partial charge in [-0.25, -0.2) is 0 Å². The zero-order valence-corrected chi connectivity index (χ0v) is 10.5. The molecule has 2 unspecified atom stereocenters. The first kappa shape index (κ1) is 12.9. The van der Waals surface area contributed by atoms with E-state index in [1.807, 2.05) is 31.2 Å². The van der Waals surface area contributed by atoms with E-state index in [0.717, 1.165) is 17.7 Å². The average molecular weight is 250 g/mol. The van der Waals surface area contributed by atoms with Crippen LogP contribution in [0.1, 0.15) is 12.0 Å². The largest absolute Gasteiger partial charge is 0.492 e. The highest BCUT2D eigenvalue weighted by Crippen LogP contribution is 2.24.